The van der Waals surface area contributed by atoms with Crippen molar-refractivity contribution in [3.05, 3.63) is 10.6 Å². The minimum absolute atomic E-state index is 0. The number of ketones is 1. The summed E-state index contributed by atoms with van der Waals surface area (Å²) in [7, 11) is 0. The first-order valence-electron chi connectivity index (χ1n) is 10.8. The second-order valence-corrected chi connectivity index (χ2v) is 10.7. The van der Waals surface area contributed by atoms with Crippen LogP contribution in [0.3, 0.4) is 0 Å². The summed E-state index contributed by atoms with van der Waals surface area (Å²) in [5.41, 5.74) is 5.84. The second kappa shape index (κ2) is 8.22. The van der Waals surface area contributed by atoms with E-state index in [2.05, 4.69) is 5.32 Å². The van der Waals surface area contributed by atoms with Crippen LogP contribution in [-0.2, 0) is 19.2 Å². The van der Waals surface area contributed by atoms with E-state index < -0.39 is 5.97 Å². The summed E-state index contributed by atoms with van der Waals surface area (Å²) in [5, 5.41) is 13.2. The van der Waals surface area contributed by atoms with Crippen molar-refractivity contribution in [1.29, 1.82) is 0 Å². The minimum atomic E-state index is -1.10. The average molecular weight is 453 g/mol. The Morgan fingerprint density at radius 2 is 2.03 bits per heavy atom. The Hall–Kier alpha value is -1.91. The van der Waals surface area contributed by atoms with Crippen molar-refractivity contribution in [3.63, 3.8) is 0 Å². The van der Waals surface area contributed by atoms with E-state index in [0.29, 0.717) is 37.4 Å². The number of amides is 2. The Morgan fingerprint density at radius 1 is 1.35 bits per heavy atom. The smallest absolute Gasteiger partial charge is 0.353 e. The third-order valence-electron chi connectivity index (χ3n) is 6.92. The number of carbonyl (C=O) groups is 4. The highest BCUT2D eigenvalue weighted by molar-refractivity contribution is 8.03. The van der Waals surface area contributed by atoms with E-state index in [1.807, 2.05) is 13.8 Å². The number of hydrogen-bond donors (Lipinski definition) is 3. The molecule has 6 atom stereocenters. The molecule has 3 saturated heterocycles. The molecule has 172 valence electrons. The van der Waals surface area contributed by atoms with Crippen molar-refractivity contribution < 1.29 is 25.7 Å². The zero-order valence-corrected chi connectivity index (χ0v) is 18.9. The van der Waals surface area contributed by atoms with Gasteiger partial charge in [0.1, 0.15) is 11.5 Å². The van der Waals surface area contributed by atoms with Crippen LogP contribution in [0, 0.1) is 17.8 Å². The number of carboxylic acid groups (broad SMARTS) is 1. The summed E-state index contributed by atoms with van der Waals surface area (Å²) in [4.78, 5) is 52.9. The minimum Gasteiger partial charge on any atom is -0.477 e. The molecule has 4 rings (SSSR count). The van der Waals surface area contributed by atoms with Crippen LogP contribution in [-0.4, -0.2) is 81.5 Å². The van der Waals surface area contributed by atoms with Crippen LogP contribution in [0.4, 0.5) is 0 Å². The fourth-order valence-corrected chi connectivity index (χ4v) is 6.90. The lowest BCUT2D eigenvalue weighted by Crippen LogP contribution is -2.62. The molecule has 4 heterocycles. The number of thioether (sulfide) groups is 1. The van der Waals surface area contributed by atoms with Gasteiger partial charge >= 0.3 is 5.97 Å². The number of rotatable bonds is 7. The number of nitrogens with two attached hydrogens (primary N) is 1. The second-order valence-electron chi connectivity index (χ2n) is 9.35. The molecule has 31 heavy (non-hydrogen) atoms. The number of nitrogens with one attached hydrogen (secondary N) is 1. The molecule has 1 unspecified atom stereocenters. The lowest BCUT2D eigenvalue weighted by atomic mass is 9.73. The van der Waals surface area contributed by atoms with Crippen LogP contribution in [0.5, 0.6) is 0 Å². The Kier molecular flexibility index (Phi) is 5.91. The third kappa shape index (κ3) is 3.78. The predicted octanol–water partition coefficient (Wildman–Crippen LogP) is 0.254. The Labute approximate surface area is 187 Å². The van der Waals surface area contributed by atoms with Crippen molar-refractivity contribution >= 4 is 35.3 Å². The largest absolute Gasteiger partial charge is 0.477 e. The average Bonchev–Trinajstić information content (AvgIpc) is 3.21. The van der Waals surface area contributed by atoms with E-state index in [9.17, 15) is 24.3 Å². The van der Waals surface area contributed by atoms with Gasteiger partial charge in [0.05, 0.1) is 18.0 Å². The van der Waals surface area contributed by atoms with E-state index in [0.717, 1.165) is 0 Å². The molecule has 0 saturated carbocycles. The SMILES string of the molecule is CC(=O)C[C@H](C)[C@H]1C(=O)N2C(C(=O)O)=C(S[C@@H]3CN[C@H](C(=O)N4CC(N)C4)C3)[C@H](C)C12.[HH]. The van der Waals surface area contributed by atoms with E-state index in [-0.39, 0.29) is 65.9 Å². The molecular formula is C21H32N4O5S. The molecule has 4 aliphatic heterocycles. The van der Waals surface area contributed by atoms with Gasteiger partial charge in [0, 0.05) is 49.6 Å². The number of carbonyl (C=O) groups excluding carboxylic acids is 3. The highest BCUT2D eigenvalue weighted by Crippen LogP contribution is 2.53. The van der Waals surface area contributed by atoms with E-state index in [1.165, 1.54) is 23.6 Å². The van der Waals surface area contributed by atoms with Crippen molar-refractivity contribution in [3.8, 4) is 0 Å². The number of likely N-dealkylation sites (tertiary alicyclic amines) is 1. The molecule has 0 aliphatic carbocycles. The molecule has 9 nitrogen and oxygen atoms in total. The fourth-order valence-electron chi connectivity index (χ4n) is 5.42. The number of hydrogen-bond acceptors (Lipinski definition) is 7. The van der Waals surface area contributed by atoms with Crippen LogP contribution in [0.25, 0.3) is 0 Å². The summed E-state index contributed by atoms with van der Waals surface area (Å²) in [5.74, 6) is -1.79. The monoisotopic (exact) mass is 452 g/mol. The van der Waals surface area contributed by atoms with Crippen molar-refractivity contribution in [2.45, 2.75) is 57.0 Å². The highest BCUT2D eigenvalue weighted by Gasteiger charge is 2.60. The summed E-state index contributed by atoms with van der Waals surface area (Å²) in [6, 6.07) is -0.444. The molecule has 0 radical (unpaired) electrons. The van der Waals surface area contributed by atoms with Gasteiger partial charge in [-0.3, -0.25) is 9.59 Å². The van der Waals surface area contributed by atoms with Gasteiger partial charge in [0.15, 0.2) is 0 Å². The van der Waals surface area contributed by atoms with Gasteiger partial charge in [0.2, 0.25) is 11.8 Å². The van der Waals surface area contributed by atoms with E-state index in [4.69, 9.17) is 5.73 Å². The molecule has 4 aliphatic rings. The maximum absolute atomic E-state index is 12.8. The first-order chi connectivity index (χ1) is 14.6. The predicted molar refractivity (Wildman–Crippen MR) is 117 cm³/mol. The molecule has 3 fully saturated rings. The summed E-state index contributed by atoms with van der Waals surface area (Å²) in [6.07, 6.45) is 0.927. The zero-order chi connectivity index (χ0) is 22.6. The van der Waals surface area contributed by atoms with Gasteiger partial charge in [-0.2, -0.15) is 0 Å². The quantitative estimate of drug-likeness (QED) is 0.468. The molecule has 4 N–H and O–H groups in total. The molecule has 10 heteroatoms. The van der Waals surface area contributed by atoms with E-state index in [1.54, 1.807) is 4.90 Å². The summed E-state index contributed by atoms with van der Waals surface area (Å²) < 4.78 is 0. The van der Waals surface area contributed by atoms with Crippen LogP contribution < -0.4 is 11.1 Å². The molecule has 2 amide bonds. The topological polar surface area (TPSA) is 133 Å². The van der Waals surface area contributed by atoms with E-state index >= 15 is 0 Å². The zero-order valence-electron chi connectivity index (χ0n) is 18.0. The first-order valence-corrected chi connectivity index (χ1v) is 11.7. The maximum atomic E-state index is 12.8. The number of β-lactam (4-membered cyclic amide) rings is 1. The van der Waals surface area contributed by atoms with Gasteiger partial charge in [0.25, 0.3) is 0 Å². The normalized spacial score (nSPS) is 33.8. The van der Waals surface area contributed by atoms with Crippen LogP contribution >= 0.6 is 11.8 Å². The number of fused-ring (bicyclic) bond motifs is 1. The Balaban J connectivity index is 0.00000289. The number of Topliss-reactive ketones (excluding diaryl/α,β-unsaturated/α-hetero) is 1. The fraction of sp³-hybridized carbons (Fsp3) is 0.714. The first kappa shape index (κ1) is 22.3. The Morgan fingerprint density at radius 3 is 2.61 bits per heavy atom. The maximum Gasteiger partial charge on any atom is 0.353 e. The Bertz CT molecular complexity index is 861. The summed E-state index contributed by atoms with van der Waals surface area (Å²) >= 11 is 1.48. The molecule has 0 bridgehead atoms. The van der Waals surface area contributed by atoms with Gasteiger partial charge in [-0.05, 0) is 19.3 Å². The number of nitrogens with zero attached hydrogens (tertiary/aromatic N) is 2. The highest BCUT2D eigenvalue weighted by atomic mass is 32.2. The lowest BCUT2D eigenvalue weighted by molar-refractivity contribution is -0.160. The molecule has 0 spiro atoms. The van der Waals surface area contributed by atoms with Crippen LogP contribution in [0.1, 0.15) is 35.0 Å². The number of carboxylic acids is 1. The van der Waals surface area contributed by atoms with Gasteiger partial charge < -0.3 is 30.8 Å². The molecule has 0 aromatic carbocycles. The third-order valence-corrected chi connectivity index (χ3v) is 8.43. The van der Waals surface area contributed by atoms with Crippen molar-refractivity contribution in [2.75, 3.05) is 19.6 Å². The van der Waals surface area contributed by atoms with Crippen LogP contribution in [0.2, 0.25) is 0 Å². The summed E-state index contributed by atoms with van der Waals surface area (Å²) in [6.45, 7) is 7.13. The van der Waals surface area contributed by atoms with Gasteiger partial charge in [-0.15, -0.1) is 11.8 Å². The molecular weight excluding hydrogens is 420 g/mol. The standard InChI is InChI=1S/C21H30N4O5S.H2/c1-9(4-10(2)26)15-16-11(3)18(17(21(29)30)25(16)20(15)28)31-13-5-14(23-6-13)19(27)24-7-12(22)8-24;/h9,11-16,23H,4-8,22H2,1-3H3,(H,29,30);1H/t9-,11+,13-,14-,15+,16?;/m0./s1. The van der Waals surface area contributed by atoms with Crippen molar-refractivity contribution in [2.24, 2.45) is 23.5 Å². The van der Waals surface area contributed by atoms with Gasteiger partial charge in [-0.1, -0.05) is 13.8 Å². The van der Waals surface area contributed by atoms with Gasteiger partial charge in [-0.25, -0.2) is 4.79 Å². The molecule has 0 aromatic rings. The number of aliphatic carboxylic acids is 1. The molecule has 0 aromatic heterocycles. The van der Waals surface area contributed by atoms with Crippen molar-refractivity contribution in [1.82, 2.24) is 15.1 Å². The lowest BCUT2D eigenvalue weighted by Gasteiger charge is -2.47. The van der Waals surface area contributed by atoms with Crippen LogP contribution in [0.15, 0.2) is 10.6 Å².